The highest BCUT2D eigenvalue weighted by atomic mass is 79.9. The molecule has 0 spiro atoms. The summed E-state index contributed by atoms with van der Waals surface area (Å²) in [6.45, 7) is 2.43. The number of nitrogens with zero attached hydrogens (tertiary/aromatic N) is 2. The zero-order chi connectivity index (χ0) is 15.0. The van der Waals surface area contributed by atoms with Crippen LogP contribution in [0.5, 0.6) is 0 Å². The molecule has 21 heavy (non-hydrogen) atoms. The fourth-order valence-electron chi connectivity index (χ4n) is 2.00. The molecule has 5 nitrogen and oxygen atoms in total. The summed E-state index contributed by atoms with van der Waals surface area (Å²) in [5, 5.41) is 17.3. The lowest BCUT2D eigenvalue weighted by atomic mass is 10.2. The Morgan fingerprint density at radius 1 is 1.48 bits per heavy atom. The van der Waals surface area contributed by atoms with Gasteiger partial charge in [0.1, 0.15) is 5.69 Å². The number of anilines is 1. The minimum atomic E-state index is -0.361. The van der Waals surface area contributed by atoms with Crippen LogP contribution in [0.1, 0.15) is 9.88 Å². The number of hydrogen-bond acceptors (Lipinski definition) is 6. The highest BCUT2D eigenvalue weighted by Crippen LogP contribution is 2.34. The molecular weight excluding hydrogens is 374 g/mol. The van der Waals surface area contributed by atoms with Crippen molar-refractivity contribution < 1.29 is 4.92 Å². The summed E-state index contributed by atoms with van der Waals surface area (Å²) in [4.78, 5) is 16.4. The largest absolute Gasteiger partial charge is 0.374 e. The Bertz CT molecular complexity index is 828. The first-order chi connectivity index (χ1) is 10.0. The van der Waals surface area contributed by atoms with Gasteiger partial charge in [-0.3, -0.25) is 10.1 Å². The van der Waals surface area contributed by atoms with Crippen LogP contribution < -0.4 is 5.32 Å². The molecule has 1 aromatic carbocycles. The summed E-state index contributed by atoms with van der Waals surface area (Å²) in [7, 11) is 0. The van der Waals surface area contributed by atoms with Crippen LogP contribution in [-0.2, 0) is 6.54 Å². The molecule has 0 radical (unpaired) electrons. The molecular formula is C13H10BrN3O2S2. The van der Waals surface area contributed by atoms with Crippen LogP contribution in [0.25, 0.3) is 10.2 Å². The summed E-state index contributed by atoms with van der Waals surface area (Å²) in [5.74, 6) is 0. The second-order valence-electron chi connectivity index (χ2n) is 4.37. The van der Waals surface area contributed by atoms with E-state index in [1.807, 2.05) is 18.4 Å². The molecule has 0 bridgehead atoms. The summed E-state index contributed by atoms with van der Waals surface area (Å²) < 4.78 is 1.84. The molecule has 2 aromatic heterocycles. The number of nitro groups is 1. The Labute approximate surface area is 136 Å². The van der Waals surface area contributed by atoms with Crippen molar-refractivity contribution in [3.63, 3.8) is 0 Å². The molecule has 0 amide bonds. The van der Waals surface area contributed by atoms with Gasteiger partial charge in [-0.2, -0.15) is 0 Å². The number of nitrogens with one attached hydrogen (secondary N) is 1. The lowest BCUT2D eigenvalue weighted by molar-refractivity contribution is -0.383. The van der Waals surface area contributed by atoms with Crippen LogP contribution in [0.2, 0.25) is 0 Å². The quantitative estimate of drug-likeness (QED) is 0.511. The van der Waals surface area contributed by atoms with Crippen molar-refractivity contribution in [3.8, 4) is 0 Å². The zero-order valence-electron chi connectivity index (χ0n) is 10.9. The summed E-state index contributed by atoms with van der Waals surface area (Å²) >= 11 is 6.52. The van der Waals surface area contributed by atoms with E-state index in [0.717, 1.165) is 24.6 Å². The number of rotatable bonds is 4. The normalized spacial score (nSPS) is 11.0. The third kappa shape index (κ3) is 2.92. The highest BCUT2D eigenvalue weighted by Gasteiger charge is 2.17. The van der Waals surface area contributed by atoms with Crippen molar-refractivity contribution in [2.75, 3.05) is 5.32 Å². The van der Waals surface area contributed by atoms with E-state index in [4.69, 9.17) is 0 Å². The van der Waals surface area contributed by atoms with E-state index >= 15 is 0 Å². The first-order valence-electron chi connectivity index (χ1n) is 6.06. The van der Waals surface area contributed by atoms with Crippen molar-refractivity contribution in [2.24, 2.45) is 0 Å². The van der Waals surface area contributed by atoms with E-state index in [1.165, 1.54) is 11.3 Å². The number of fused-ring (bicyclic) bond motifs is 1. The van der Waals surface area contributed by atoms with Crippen molar-refractivity contribution in [1.82, 2.24) is 4.98 Å². The Morgan fingerprint density at radius 3 is 2.95 bits per heavy atom. The van der Waals surface area contributed by atoms with Gasteiger partial charge in [0.15, 0.2) is 0 Å². The number of halogens is 1. The average molecular weight is 384 g/mol. The van der Waals surface area contributed by atoms with Crippen molar-refractivity contribution in [1.29, 1.82) is 0 Å². The molecule has 8 heteroatoms. The first kappa shape index (κ1) is 14.4. The summed E-state index contributed by atoms with van der Waals surface area (Å²) in [6.07, 6.45) is 0. The molecule has 2 heterocycles. The number of nitro benzene ring substituents is 1. The van der Waals surface area contributed by atoms with E-state index in [-0.39, 0.29) is 10.6 Å². The molecule has 3 aromatic rings. The lowest BCUT2D eigenvalue weighted by Gasteiger charge is -2.06. The van der Waals surface area contributed by atoms with E-state index in [9.17, 15) is 10.1 Å². The maximum Gasteiger partial charge on any atom is 0.293 e. The molecule has 0 aliphatic heterocycles. The second kappa shape index (κ2) is 5.70. The number of benzene rings is 1. The summed E-state index contributed by atoms with van der Waals surface area (Å²) in [6, 6.07) is 5.30. The predicted octanol–water partition coefficient (Wildman–Crippen LogP) is 4.95. The van der Waals surface area contributed by atoms with E-state index < -0.39 is 0 Å². The minimum absolute atomic E-state index is 0.0822. The number of thiophene rings is 1. The van der Waals surface area contributed by atoms with Gasteiger partial charge in [-0.1, -0.05) is 0 Å². The summed E-state index contributed by atoms with van der Waals surface area (Å²) in [5.41, 5.74) is 1.37. The van der Waals surface area contributed by atoms with Gasteiger partial charge in [0, 0.05) is 15.4 Å². The third-order valence-electron chi connectivity index (χ3n) is 2.94. The molecule has 0 saturated heterocycles. The molecule has 1 N–H and O–H groups in total. The van der Waals surface area contributed by atoms with Gasteiger partial charge in [-0.15, -0.1) is 22.7 Å². The molecule has 3 rings (SSSR count). The molecule has 0 unspecified atom stereocenters. The van der Waals surface area contributed by atoms with Gasteiger partial charge in [-0.25, -0.2) is 4.98 Å². The molecule has 0 saturated carbocycles. The number of thiazole rings is 1. The molecule has 0 aliphatic rings. The SMILES string of the molecule is Cc1nc2cc(NCc3sccc3Br)c([N+](=O)[O-])cc2s1. The third-order valence-corrected chi connectivity index (χ3v) is 5.80. The topological polar surface area (TPSA) is 68.1 Å². The second-order valence-corrected chi connectivity index (χ2v) is 7.46. The van der Waals surface area contributed by atoms with Gasteiger partial charge in [-0.05, 0) is 40.4 Å². The van der Waals surface area contributed by atoms with Crippen LogP contribution in [-0.4, -0.2) is 9.91 Å². The minimum Gasteiger partial charge on any atom is -0.374 e. The van der Waals surface area contributed by atoms with Gasteiger partial charge in [0.25, 0.3) is 5.69 Å². The lowest BCUT2D eigenvalue weighted by Crippen LogP contribution is -2.01. The van der Waals surface area contributed by atoms with Gasteiger partial charge < -0.3 is 5.32 Å². The Balaban J connectivity index is 1.97. The van der Waals surface area contributed by atoms with Gasteiger partial charge in [0.2, 0.25) is 0 Å². The van der Waals surface area contributed by atoms with Crippen molar-refractivity contribution in [3.05, 3.63) is 48.1 Å². The standard InChI is InChI=1S/C13H10BrN3O2S2/c1-7-16-10-4-9(11(17(18)19)5-12(10)21-7)15-6-13-8(14)2-3-20-13/h2-5,15H,6H2,1H3. The van der Waals surface area contributed by atoms with Gasteiger partial charge in [0.05, 0.1) is 26.7 Å². The predicted molar refractivity (Wildman–Crippen MR) is 90.4 cm³/mol. The number of hydrogen-bond donors (Lipinski definition) is 1. The number of aromatic nitrogens is 1. The van der Waals surface area contributed by atoms with Crippen LogP contribution in [0.3, 0.4) is 0 Å². The van der Waals surface area contributed by atoms with E-state index in [2.05, 4.69) is 26.2 Å². The van der Waals surface area contributed by atoms with Crippen LogP contribution in [0.4, 0.5) is 11.4 Å². The van der Waals surface area contributed by atoms with Crippen molar-refractivity contribution >= 4 is 60.2 Å². The number of aryl methyl sites for hydroxylation is 1. The van der Waals surface area contributed by atoms with Crippen LogP contribution >= 0.6 is 38.6 Å². The average Bonchev–Trinajstić information content (AvgIpc) is 2.99. The fraction of sp³-hybridized carbons (Fsp3) is 0.154. The highest BCUT2D eigenvalue weighted by molar-refractivity contribution is 9.10. The Morgan fingerprint density at radius 2 is 2.29 bits per heavy atom. The first-order valence-corrected chi connectivity index (χ1v) is 8.55. The van der Waals surface area contributed by atoms with E-state index in [0.29, 0.717) is 12.2 Å². The molecule has 108 valence electrons. The van der Waals surface area contributed by atoms with Crippen LogP contribution in [0, 0.1) is 17.0 Å². The maximum atomic E-state index is 11.2. The zero-order valence-corrected chi connectivity index (χ0v) is 14.1. The van der Waals surface area contributed by atoms with Gasteiger partial charge >= 0.3 is 0 Å². The fourth-order valence-corrected chi connectivity index (χ4v) is 4.27. The van der Waals surface area contributed by atoms with E-state index in [1.54, 1.807) is 23.5 Å². The smallest absolute Gasteiger partial charge is 0.293 e. The van der Waals surface area contributed by atoms with Crippen molar-refractivity contribution in [2.45, 2.75) is 13.5 Å². The maximum absolute atomic E-state index is 11.2. The monoisotopic (exact) mass is 383 g/mol. The Kier molecular flexibility index (Phi) is 3.92. The molecule has 0 atom stereocenters. The van der Waals surface area contributed by atoms with Crippen LogP contribution in [0.15, 0.2) is 28.1 Å². The molecule has 0 aliphatic carbocycles. The Hall–Kier alpha value is -1.51. The molecule has 0 fully saturated rings.